The third kappa shape index (κ3) is 3.95. The maximum absolute atomic E-state index is 12.9. The molecule has 3 aromatic rings. The van der Waals surface area contributed by atoms with Crippen molar-refractivity contribution in [1.29, 1.82) is 0 Å². The highest BCUT2D eigenvalue weighted by molar-refractivity contribution is 7.92. The zero-order chi connectivity index (χ0) is 22.4. The fraction of sp³-hybridized carbons (Fsp3) is 0.300. The number of halogens is 1. The van der Waals surface area contributed by atoms with E-state index >= 15 is 0 Å². The molecule has 0 saturated carbocycles. The molecule has 1 aromatic heterocycles. The van der Waals surface area contributed by atoms with Gasteiger partial charge in [-0.05, 0) is 49.7 Å². The third-order valence-corrected chi connectivity index (χ3v) is 6.50. The van der Waals surface area contributed by atoms with E-state index in [1.807, 2.05) is 0 Å². The van der Waals surface area contributed by atoms with E-state index in [1.54, 1.807) is 51.4 Å². The molecule has 0 aliphatic heterocycles. The number of fused-ring (bicyclic) bond motifs is 1. The molecule has 1 amide bonds. The van der Waals surface area contributed by atoms with E-state index < -0.39 is 22.0 Å². The Labute approximate surface area is 179 Å². The van der Waals surface area contributed by atoms with Crippen LogP contribution in [0.4, 0.5) is 11.4 Å². The molecule has 0 bridgehead atoms. The summed E-state index contributed by atoms with van der Waals surface area (Å²) in [5.74, 6) is -0.514. The van der Waals surface area contributed by atoms with E-state index in [9.17, 15) is 18.0 Å². The Bertz CT molecular complexity index is 1310. The monoisotopic (exact) mass is 450 g/mol. The first-order chi connectivity index (χ1) is 13.9. The molecule has 0 saturated heterocycles. The fourth-order valence-electron chi connectivity index (χ4n) is 3.43. The molecule has 0 spiro atoms. The van der Waals surface area contributed by atoms with E-state index in [4.69, 9.17) is 11.6 Å². The highest BCUT2D eigenvalue weighted by atomic mass is 35.5. The zero-order valence-corrected chi connectivity index (χ0v) is 18.9. The smallest absolute Gasteiger partial charge is 0.324 e. The number of aromatic nitrogens is 2. The van der Waals surface area contributed by atoms with Gasteiger partial charge in [-0.2, -0.15) is 0 Å². The summed E-state index contributed by atoms with van der Waals surface area (Å²) in [5.41, 5.74) is 2.66. The van der Waals surface area contributed by atoms with Gasteiger partial charge in [0.2, 0.25) is 15.9 Å². The normalized spacial score (nSPS) is 12.7. The number of rotatable bonds is 5. The van der Waals surface area contributed by atoms with Crippen LogP contribution in [0.2, 0.25) is 5.02 Å². The van der Waals surface area contributed by atoms with Gasteiger partial charge in [0.25, 0.3) is 0 Å². The summed E-state index contributed by atoms with van der Waals surface area (Å²) in [6, 6.07) is 8.92. The SMILES string of the molecule is Cc1ccc(Cl)cc1N(C(C)C(=O)Nc1ccc2c(c1)n(C)c(=O)n2C)S(C)(=O)=O. The van der Waals surface area contributed by atoms with Gasteiger partial charge < -0.3 is 5.32 Å². The number of imidazole rings is 1. The van der Waals surface area contributed by atoms with E-state index in [1.165, 1.54) is 22.1 Å². The molecule has 0 radical (unpaired) electrons. The largest absolute Gasteiger partial charge is 0.328 e. The predicted octanol–water partition coefficient (Wildman–Crippen LogP) is 2.63. The minimum absolute atomic E-state index is 0.179. The van der Waals surface area contributed by atoms with Crippen molar-refractivity contribution in [3.63, 3.8) is 0 Å². The molecule has 1 unspecified atom stereocenters. The first-order valence-electron chi connectivity index (χ1n) is 9.13. The lowest BCUT2D eigenvalue weighted by atomic mass is 10.1. The van der Waals surface area contributed by atoms with Crippen molar-refractivity contribution < 1.29 is 13.2 Å². The highest BCUT2D eigenvalue weighted by Crippen LogP contribution is 2.28. The molecule has 3 rings (SSSR count). The van der Waals surface area contributed by atoms with Gasteiger partial charge in [-0.15, -0.1) is 0 Å². The number of sulfonamides is 1. The van der Waals surface area contributed by atoms with E-state index in [0.29, 0.717) is 27.5 Å². The van der Waals surface area contributed by atoms with Crippen molar-refractivity contribution in [2.24, 2.45) is 14.1 Å². The Kier molecular flexibility index (Phi) is 5.70. The summed E-state index contributed by atoms with van der Waals surface area (Å²) < 4.78 is 29.1. The predicted molar refractivity (Wildman–Crippen MR) is 120 cm³/mol. The maximum atomic E-state index is 12.9. The van der Waals surface area contributed by atoms with Gasteiger partial charge >= 0.3 is 5.69 Å². The van der Waals surface area contributed by atoms with Crippen LogP contribution in [0.3, 0.4) is 0 Å². The molecule has 1 N–H and O–H groups in total. The molecule has 0 fully saturated rings. The summed E-state index contributed by atoms with van der Waals surface area (Å²) in [7, 11) is -0.458. The average Bonchev–Trinajstić information content (AvgIpc) is 2.87. The first-order valence-corrected chi connectivity index (χ1v) is 11.4. The summed E-state index contributed by atoms with van der Waals surface area (Å²) in [6.07, 6.45) is 1.04. The van der Waals surface area contributed by atoms with Gasteiger partial charge in [0.05, 0.1) is 23.0 Å². The van der Waals surface area contributed by atoms with Crippen LogP contribution in [-0.2, 0) is 28.9 Å². The van der Waals surface area contributed by atoms with Crippen molar-refractivity contribution in [3.8, 4) is 0 Å². The number of nitrogens with zero attached hydrogens (tertiary/aromatic N) is 3. The van der Waals surface area contributed by atoms with Crippen molar-refractivity contribution in [1.82, 2.24) is 9.13 Å². The van der Waals surface area contributed by atoms with E-state index in [0.717, 1.165) is 16.1 Å². The standard InChI is InChI=1S/C20H23ClN4O4S/c1-12-6-7-14(21)10-17(12)25(30(5,28)29)13(2)19(26)22-15-8-9-16-18(11-15)24(4)20(27)23(16)3/h6-11,13H,1-5H3,(H,22,26). The number of benzene rings is 2. The molecule has 1 heterocycles. The second-order valence-corrected chi connectivity index (χ2v) is 9.55. The Hall–Kier alpha value is -2.78. The molecular formula is C20H23ClN4O4S. The van der Waals surface area contributed by atoms with Gasteiger partial charge in [0.15, 0.2) is 0 Å². The Balaban J connectivity index is 1.97. The highest BCUT2D eigenvalue weighted by Gasteiger charge is 2.30. The Morgan fingerprint density at radius 3 is 2.37 bits per heavy atom. The lowest BCUT2D eigenvalue weighted by Gasteiger charge is -2.29. The molecule has 0 aliphatic carbocycles. The van der Waals surface area contributed by atoms with Crippen LogP contribution in [0.15, 0.2) is 41.2 Å². The third-order valence-electron chi connectivity index (χ3n) is 5.04. The number of carbonyl (C=O) groups is 1. The molecule has 2 aromatic carbocycles. The lowest BCUT2D eigenvalue weighted by Crippen LogP contribution is -2.45. The van der Waals surface area contributed by atoms with Crippen molar-refractivity contribution in [2.75, 3.05) is 15.9 Å². The van der Waals surface area contributed by atoms with Gasteiger partial charge in [0.1, 0.15) is 6.04 Å². The van der Waals surface area contributed by atoms with Gasteiger partial charge in [0, 0.05) is 24.8 Å². The van der Waals surface area contributed by atoms with Crippen LogP contribution in [0.5, 0.6) is 0 Å². The van der Waals surface area contributed by atoms with Gasteiger partial charge in [-0.3, -0.25) is 18.2 Å². The van der Waals surface area contributed by atoms with Crippen LogP contribution in [0, 0.1) is 6.92 Å². The van der Waals surface area contributed by atoms with Gasteiger partial charge in [-0.25, -0.2) is 13.2 Å². The van der Waals surface area contributed by atoms with E-state index in [-0.39, 0.29) is 5.69 Å². The number of aryl methyl sites for hydroxylation is 3. The quantitative estimate of drug-likeness (QED) is 0.646. The van der Waals surface area contributed by atoms with Crippen LogP contribution in [0.25, 0.3) is 11.0 Å². The molecule has 0 aliphatic rings. The number of amides is 1. The molecular weight excluding hydrogens is 428 g/mol. The van der Waals surface area contributed by atoms with Crippen LogP contribution >= 0.6 is 11.6 Å². The van der Waals surface area contributed by atoms with Crippen molar-refractivity contribution >= 4 is 49.9 Å². The minimum atomic E-state index is -3.77. The van der Waals surface area contributed by atoms with Crippen molar-refractivity contribution in [2.45, 2.75) is 19.9 Å². The van der Waals surface area contributed by atoms with Crippen molar-refractivity contribution in [3.05, 3.63) is 57.5 Å². The second kappa shape index (κ2) is 7.81. The molecule has 8 nitrogen and oxygen atoms in total. The lowest BCUT2D eigenvalue weighted by molar-refractivity contribution is -0.116. The first kappa shape index (κ1) is 21.9. The number of hydrogen-bond acceptors (Lipinski definition) is 4. The van der Waals surface area contributed by atoms with Gasteiger partial charge in [-0.1, -0.05) is 17.7 Å². The molecule has 160 valence electrons. The maximum Gasteiger partial charge on any atom is 0.328 e. The molecule has 30 heavy (non-hydrogen) atoms. The van der Waals surface area contributed by atoms with Crippen LogP contribution in [0.1, 0.15) is 12.5 Å². The molecule has 10 heteroatoms. The fourth-order valence-corrected chi connectivity index (χ4v) is 4.82. The number of nitrogens with one attached hydrogen (secondary N) is 1. The Morgan fingerprint density at radius 1 is 1.10 bits per heavy atom. The topological polar surface area (TPSA) is 93.4 Å². The number of hydrogen-bond donors (Lipinski definition) is 1. The van der Waals surface area contributed by atoms with Crippen LogP contribution in [-0.4, -0.2) is 35.8 Å². The minimum Gasteiger partial charge on any atom is -0.324 e. The molecule has 1 atom stereocenters. The summed E-state index contributed by atoms with van der Waals surface area (Å²) in [6.45, 7) is 3.26. The Morgan fingerprint density at radius 2 is 1.73 bits per heavy atom. The summed E-state index contributed by atoms with van der Waals surface area (Å²) in [4.78, 5) is 25.0. The van der Waals surface area contributed by atoms with Crippen LogP contribution < -0.4 is 15.3 Å². The summed E-state index contributed by atoms with van der Waals surface area (Å²) in [5, 5.41) is 3.11. The van der Waals surface area contributed by atoms with E-state index in [2.05, 4.69) is 5.32 Å². The zero-order valence-electron chi connectivity index (χ0n) is 17.3. The average molecular weight is 451 g/mol. The second-order valence-electron chi connectivity index (χ2n) is 7.26. The number of anilines is 2. The summed E-state index contributed by atoms with van der Waals surface area (Å²) >= 11 is 6.06. The number of carbonyl (C=O) groups excluding carboxylic acids is 1.